The SMILES string of the molecule is CC#N.CC(CCc1ccc(C2(Cl)CC2)c(C2(Cl)CC2)c1)N(C)Cc1ccccc1. The molecular formula is C26H32Cl2N2. The molecule has 30 heavy (non-hydrogen) atoms. The Morgan fingerprint density at radius 3 is 2.10 bits per heavy atom. The van der Waals surface area contributed by atoms with Crippen LogP contribution in [0.1, 0.15) is 68.2 Å². The molecule has 2 nitrogen and oxygen atoms in total. The smallest absolute Gasteiger partial charge is 0.0699 e. The highest BCUT2D eigenvalue weighted by atomic mass is 35.5. The largest absolute Gasteiger partial charge is 0.299 e. The molecule has 0 amide bonds. The van der Waals surface area contributed by atoms with Gasteiger partial charge in [-0.05, 0) is 74.8 Å². The van der Waals surface area contributed by atoms with Crippen molar-refractivity contribution in [2.45, 2.75) is 74.7 Å². The summed E-state index contributed by atoms with van der Waals surface area (Å²) in [6, 6.07) is 19.8. The van der Waals surface area contributed by atoms with Crippen LogP contribution < -0.4 is 0 Å². The standard InChI is InChI=1S/C24H29Cl2N.C2H3N/c1-18(27(2)17-20-6-4-3-5-7-20)8-9-19-10-11-21(23(25)12-13-23)22(16-19)24(26)14-15-24;1-2-3/h3-7,10-11,16,18H,8-9,12-15,17H2,1-2H3;1H3. The molecule has 0 saturated heterocycles. The normalized spacial score (nSPS) is 18.7. The lowest BCUT2D eigenvalue weighted by molar-refractivity contribution is 0.238. The molecule has 0 spiro atoms. The monoisotopic (exact) mass is 442 g/mol. The number of halogens is 2. The zero-order valence-corrected chi connectivity index (χ0v) is 19.8. The molecule has 0 N–H and O–H groups in total. The molecule has 160 valence electrons. The number of nitriles is 1. The average molecular weight is 443 g/mol. The van der Waals surface area contributed by atoms with Crippen LogP contribution in [-0.4, -0.2) is 18.0 Å². The Bertz CT molecular complexity index is 880. The first-order chi connectivity index (χ1) is 14.3. The van der Waals surface area contributed by atoms with Crippen molar-refractivity contribution >= 4 is 23.2 Å². The van der Waals surface area contributed by atoms with Crippen LogP contribution in [0, 0.1) is 11.3 Å². The first-order valence-electron chi connectivity index (χ1n) is 10.9. The summed E-state index contributed by atoms with van der Waals surface area (Å²) in [4.78, 5) is 2.15. The average Bonchev–Trinajstić information content (AvgIpc) is 3.66. The summed E-state index contributed by atoms with van der Waals surface area (Å²) in [5, 5.41) is 7.32. The predicted octanol–water partition coefficient (Wildman–Crippen LogP) is 7.13. The number of alkyl halides is 2. The Balaban J connectivity index is 0.000000806. The number of hydrogen-bond acceptors (Lipinski definition) is 2. The minimum absolute atomic E-state index is 0.137. The molecule has 0 heterocycles. The maximum Gasteiger partial charge on any atom is 0.0699 e. The molecule has 4 heteroatoms. The summed E-state index contributed by atoms with van der Waals surface area (Å²) in [7, 11) is 2.22. The zero-order valence-electron chi connectivity index (χ0n) is 18.3. The summed E-state index contributed by atoms with van der Waals surface area (Å²) in [5.41, 5.74) is 5.35. The Morgan fingerprint density at radius 1 is 0.967 bits per heavy atom. The predicted molar refractivity (Wildman–Crippen MR) is 127 cm³/mol. The summed E-state index contributed by atoms with van der Waals surface area (Å²) in [6.07, 6.45) is 6.53. The maximum absolute atomic E-state index is 7.32. The molecule has 1 unspecified atom stereocenters. The highest BCUT2D eigenvalue weighted by Gasteiger charge is 2.50. The second-order valence-electron chi connectivity index (χ2n) is 8.82. The van der Waals surface area contributed by atoms with Gasteiger partial charge in [0.1, 0.15) is 0 Å². The van der Waals surface area contributed by atoms with Crippen molar-refractivity contribution in [3.63, 3.8) is 0 Å². The van der Waals surface area contributed by atoms with Gasteiger partial charge < -0.3 is 0 Å². The number of hydrogen-bond donors (Lipinski definition) is 0. The maximum atomic E-state index is 7.32. The van der Waals surface area contributed by atoms with E-state index in [4.69, 9.17) is 28.5 Å². The fraction of sp³-hybridized carbons (Fsp3) is 0.500. The molecule has 2 aliphatic carbocycles. The molecule has 0 bridgehead atoms. The first-order valence-corrected chi connectivity index (χ1v) is 11.6. The Morgan fingerprint density at radius 2 is 1.53 bits per heavy atom. The van der Waals surface area contributed by atoms with Crippen molar-refractivity contribution in [2.24, 2.45) is 0 Å². The molecule has 0 aliphatic heterocycles. The molecular weight excluding hydrogens is 411 g/mol. The molecule has 2 aromatic rings. The molecule has 2 aliphatic rings. The second-order valence-corrected chi connectivity index (χ2v) is 10.3. The lowest BCUT2D eigenvalue weighted by Crippen LogP contribution is -2.29. The van der Waals surface area contributed by atoms with Gasteiger partial charge in [-0.15, -0.1) is 23.2 Å². The van der Waals surface area contributed by atoms with Crippen molar-refractivity contribution in [2.75, 3.05) is 7.05 Å². The van der Waals surface area contributed by atoms with Crippen LogP contribution in [0.5, 0.6) is 0 Å². The van der Waals surface area contributed by atoms with E-state index in [1.807, 2.05) is 0 Å². The highest BCUT2D eigenvalue weighted by Crippen LogP contribution is 2.60. The second kappa shape index (κ2) is 9.73. The number of aryl methyl sites for hydroxylation is 1. The van der Waals surface area contributed by atoms with Crippen LogP contribution in [0.15, 0.2) is 48.5 Å². The lowest BCUT2D eigenvalue weighted by Gasteiger charge is -2.25. The van der Waals surface area contributed by atoms with Gasteiger partial charge in [-0.2, -0.15) is 5.26 Å². The van der Waals surface area contributed by atoms with E-state index < -0.39 is 0 Å². The van der Waals surface area contributed by atoms with Crippen LogP contribution in [-0.2, 0) is 22.7 Å². The van der Waals surface area contributed by atoms with Crippen LogP contribution in [0.25, 0.3) is 0 Å². The number of rotatable bonds is 8. The van der Waals surface area contributed by atoms with E-state index in [0.29, 0.717) is 6.04 Å². The molecule has 0 radical (unpaired) electrons. The van der Waals surface area contributed by atoms with Crippen LogP contribution >= 0.6 is 23.2 Å². The molecule has 2 fully saturated rings. The quantitative estimate of drug-likeness (QED) is 0.406. The minimum Gasteiger partial charge on any atom is -0.299 e. The molecule has 2 saturated carbocycles. The zero-order chi connectivity index (χ0) is 21.8. The van der Waals surface area contributed by atoms with E-state index in [-0.39, 0.29) is 9.75 Å². The fourth-order valence-electron chi connectivity index (χ4n) is 3.89. The lowest BCUT2D eigenvalue weighted by atomic mass is 9.94. The van der Waals surface area contributed by atoms with Crippen LogP contribution in [0.2, 0.25) is 0 Å². The van der Waals surface area contributed by atoms with Crippen molar-refractivity contribution in [3.8, 4) is 6.07 Å². The molecule has 4 rings (SSSR count). The summed E-state index contributed by atoms with van der Waals surface area (Å²) in [5.74, 6) is 0. The third-order valence-electron chi connectivity index (χ3n) is 6.31. The van der Waals surface area contributed by atoms with E-state index in [2.05, 4.69) is 67.4 Å². The summed E-state index contributed by atoms with van der Waals surface area (Å²) >= 11 is 13.6. The Hall–Kier alpha value is -1.53. The van der Waals surface area contributed by atoms with Crippen molar-refractivity contribution in [1.29, 1.82) is 5.26 Å². The van der Waals surface area contributed by atoms with E-state index >= 15 is 0 Å². The van der Waals surface area contributed by atoms with Gasteiger partial charge in [0, 0.05) is 19.5 Å². The third-order valence-corrected chi connectivity index (χ3v) is 7.47. The molecule has 1 atom stereocenters. The first kappa shape index (κ1) is 23.1. The Kier molecular flexibility index (Phi) is 7.51. The van der Waals surface area contributed by atoms with Gasteiger partial charge in [0.25, 0.3) is 0 Å². The highest BCUT2D eigenvalue weighted by molar-refractivity contribution is 6.28. The van der Waals surface area contributed by atoms with Crippen molar-refractivity contribution in [1.82, 2.24) is 4.90 Å². The van der Waals surface area contributed by atoms with E-state index in [1.165, 1.54) is 29.2 Å². The van der Waals surface area contributed by atoms with Gasteiger partial charge in [0.05, 0.1) is 15.8 Å². The van der Waals surface area contributed by atoms with E-state index in [0.717, 1.165) is 45.1 Å². The Labute approximate surface area is 191 Å². The van der Waals surface area contributed by atoms with E-state index in [9.17, 15) is 0 Å². The topological polar surface area (TPSA) is 27.0 Å². The van der Waals surface area contributed by atoms with Crippen LogP contribution in [0.3, 0.4) is 0 Å². The summed E-state index contributed by atoms with van der Waals surface area (Å²) < 4.78 is 0. The van der Waals surface area contributed by atoms with Gasteiger partial charge in [-0.3, -0.25) is 4.90 Å². The molecule has 0 aromatic heterocycles. The fourth-order valence-corrected chi connectivity index (χ4v) is 4.40. The van der Waals surface area contributed by atoms with Gasteiger partial charge in [0.2, 0.25) is 0 Å². The number of benzene rings is 2. The van der Waals surface area contributed by atoms with E-state index in [1.54, 1.807) is 6.07 Å². The van der Waals surface area contributed by atoms with Crippen LogP contribution in [0.4, 0.5) is 0 Å². The van der Waals surface area contributed by atoms with Crippen molar-refractivity contribution < 1.29 is 0 Å². The third kappa shape index (κ3) is 5.79. The minimum atomic E-state index is -0.147. The number of nitrogens with zero attached hydrogens (tertiary/aromatic N) is 2. The van der Waals surface area contributed by atoms with Crippen molar-refractivity contribution in [3.05, 3.63) is 70.8 Å². The summed E-state index contributed by atoms with van der Waals surface area (Å²) in [6.45, 7) is 4.74. The van der Waals surface area contributed by atoms with Gasteiger partial charge in [-0.1, -0.05) is 48.5 Å². The van der Waals surface area contributed by atoms with Gasteiger partial charge >= 0.3 is 0 Å². The van der Waals surface area contributed by atoms with Gasteiger partial charge in [-0.25, -0.2) is 0 Å². The van der Waals surface area contributed by atoms with Gasteiger partial charge in [0.15, 0.2) is 0 Å². The molecule has 2 aromatic carbocycles.